The molecule has 1 N–H and O–H groups in total. The van der Waals surface area contributed by atoms with Gasteiger partial charge in [0.2, 0.25) is 0 Å². The number of rotatable bonds is 3. The Hall–Kier alpha value is -1.74. The van der Waals surface area contributed by atoms with Gasteiger partial charge >= 0.3 is 0 Å². The number of hydrogen-bond acceptors (Lipinski definition) is 2. The zero-order valence-corrected chi connectivity index (χ0v) is 14.7. The zero-order valence-electron chi connectivity index (χ0n) is 13.1. The predicted molar refractivity (Wildman–Crippen MR) is 97.9 cm³/mol. The molecule has 0 saturated carbocycles. The number of allylic oxidation sites excluding steroid dienone is 1. The first-order valence-corrected chi connectivity index (χ1v) is 8.50. The zero-order chi connectivity index (χ0) is 15.7. The molecule has 3 rings (SSSR count). The molecule has 0 bridgehead atoms. The van der Waals surface area contributed by atoms with E-state index in [1.165, 1.54) is 22.4 Å². The van der Waals surface area contributed by atoms with Crippen molar-refractivity contribution >= 4 is 27.2 Å². The lowest BCUT2D eigenvalue weighted by atomic mass is 9.89. The second-order valence-electron chi connectivity index (χ2n) is 6.11. The fourth-order valence-corrected chi connectivity index (χ4v) is 3.44. The first-order chi connectivity index (χ1) is 10.5. The Bertz CT molecular complexity index is 734. The van der Waals surface area contributed by atoms with Crippen molar-refractivity contribution in [3.63, 3.8) is 0 Å². The van der Waals surface area contributed by atoms with Crippen molar-refractivity contribution < 1.29 is 4.74 Å². The molecule has 1 aliphatic heterocycles. The highest BCUT2D eigenvalue weighted by molar-refractivity contribution is 9.09. The van der Waals surface area contributed by atoms with Gasteiger partial charge in [0.25, 0.3) is 0 Å². The van der Waals surface area contributed by atoms with Gasteiger partial charge in [-0.15, -0.1) is 0 Å². The maximum Gasteiger partial charge on any atom is 0.126 e. The molecule has 22 heavy (non-hydrogen) atoms. The Morgan fingerprint density at radius 3 is 2.59 bits per heavy atom. The predicted octanol–water partition coefficient (Wildman–Crippen LogP) is 5.34. The summed E-state index contributed by atoms with van der Waals surface area (Å²) in [6.45, 7) is 4.37. The second-order valence-corrected chi connectivity index (χ2v) is 6.67. The van der Waals surface area contributed by atoms with Crippen molar-refractivity contribution in [2.24, 2.45) is 0 Å². The van der Waals surface area contributed by atoms with Gasteiger partial charge in [0.15, 0.2) is 0 Å². The van der Waals surface area contributed by atoms with E-state index in [-0.39, 0.29) is 5.54 Å². The first kappa shape index (κ1) is 15.2. The molecular weight excluding hydrogens is 338 g/mol. The maximum absolute atomic E-state index is 5.49. The summed E-state index contributed by atoms with van der Waals surface area (Å²) in [7, 11) is 1.71. The van der Waals surface area contributed by atoms with Crippen LogP contribution >= 0.6 is 15.9 Å². The number of fused-ring (bicyclic) bond motifs is 1. The summed E-state index contributed by atoms with van der Waals surface area (Å²) in [5.74, 6) is 0.899. The van der Waals surface area contributed by atoms with Crippen LogP contribution in [0.15, 0.2) is 48.5 Å². The average Bonchev–Trinajstić information content (AvgIpc) is 2.52. The standard InChI is InChI=1S/C19H20BrNO/c1-19(2)11-14(12-20)16-10-13(8-9-17(16)21-19)15-6-4-5-7-18(15)22-3/h4-11,21H,12H2,1-3H3. The van der Waals surface area contributed by atoms with E-state index in [0.717, 1.165) is 16.6 Å². The molecule has 0 amide bonds. The highest BCUT2D eigenvalue weighted by Gasteiger charge is 2.24. The Morgan fingerprint density at radius 1 is 1.09 bits per heavy atom. The van der Waals surface area contributed by atoms with Gasteiger partial charge in [-0.3, -0.25) is 0 Å². The van der Waals surface area contributed by atoms with Crippen LogP contribution < -0.4 is 10.1 Å². The lowest BCUT2D eigenvalue weighted by Gasteiger charge is -2.32. The lowest BCUT2D eigenvalue weighted by molar-refractivity contribution is 0.416. The number of benzene rings is 2. The summed E-state index contributed by atoms with van der Waals surface area (Å²) in [5, 5.41) is 4.43. The number of para-hydroxylation sites is 1. The summed E-state index contributed by atoms with van der Waals surface area (Å²) in [6.07, 6.45) is 2.29. The number of nitrogens with one attached hydrogen (secondary N) is 1. The monoisotopic (exact) mass is 357 g/mol. The largest absolute Gasteiger partial charge is 0.496 e. The molecular formula is C19H20BrNO. The molecule has 1 heterocycles. The van der Waals surface area contributed by atoms with Crippen molar-refractivity contribution in [2.45, 2.75) is 19.4 Å². The quantitative estimate of drug-likeness (QED) is 0.748. The van der Waals surface area contributed by atoms with E-state index in [1.54, 1.807) is 7.11 Å². The highest BCUT2D eigenvalue weighted by Crippen LogP contribution is 2.39. The summed E-state index contributed by atoms with van der Waals surface area (Å²) in [4.78, 5) is 0. The van der Waals surface area contributed by atoms with Crippen LogP contribution in [0.2, 0.25) is 0 Å². The third kappa shape index (κ3) is 2.78. The van der Waals surface area contributed by atoms with Gasteiger partial charge in [0.05, 0.1) is 12.6 Å². The van der Waals surface area contributed by atoms with Gasteiger partial charge in [-0.05, 0) is 43.2 Å². The Morgan fingerprint density at radius 2 is 1.86 bits per heavy atom. The summed E-state index contributed by atoms with van der Waals surface area (Å²) < 4.78 is 5.49. The topological polar surface area (TPSA) is 21.3 Å². The van der Waals surface area contributed by atoms with Crippen molar-refractivity contribution in [3.8, 4) is 16.9 Å². The fourth-order valence-electron chi connectivity index (χ4n) is 2.98. The Balaban J connectivity index is 2.12. The molecule has 1 aliphatic rings. The SMILES string of the molecule is COc1ccccc1-c1ccc2c(c1)C(CBr)=CC(C)(C)N2. The number of ether oxygens (including phenoxy) is 1. The van der Waals surface area contributed by atoms with Crippen LogP contribution in [0.5, 0.6) is 5.75 Å². The highest BCUT2D eigenvalue weighted by atomic mass is 79.9. The van der Waals surface area contributed by atoms with Gasteiger partial charge in [-0.25, -0.2) is 0 Å². The smallest absolute Gasteiger partial charge is 0.126 e. The van der Waals surface area contributed by atoms with E-state index in [4.69, 9.17) is 4.74 Å². The maximum atomic E-state index is 5.49. The Kier molecular flexibility index (Phi) is 4.00. The van der Waals surface area contributed by atoms with E-state index in [2.05, 4.69) is 65.4 Å². The minimum absolute atomic E-state index is 0.0257. The van der Waals surface area contributed by atoms with Crippen LogP contribution in [0.1, 0.15) is 19.4 Å². The van der Waals surface area contributed by atoms with Gasteiger partial charge < -0.3 is 10.1 Å². The molecule has 0 aliphatic carbocycles. The molecule has 0 radical (unpaired) electrons. The molecule has 0 saturated heterocycles. The van der Waals surface area contributed by atoms with E-state index in [0.29, 0.717) is 0 Å². The molecule has 2 aromatic rings. The minimum atomic E-state index is -0.0257. The second kappa shape index (κ2) is 5.81. The molecule has 0 atom stereocenters. The molecule has 2 aromatic carbocycles. The molecule has 0 spiro atoms. The van der Waals surface area contributed by atoms with Crippen molar-refractivity contribution in [2.75, 3.05) is 17.8 Å². The van der Waals surface area contributed by atoms with E-state index < -0.39 is 0 Å². The lowest BCUT2D eigenvalue weighted by Crippen LogP contribution is -2.31. The number of methoxy groups -OCH3 is 1. The van der Waals surface area contributed by atoms with Crippen LogP contribution in [-0.2, 0) is 0 Å². The summed E-state index contributed by atoms with van der Waals surface area (Å²) in [5.41, 5.74) is 6.01. The normalized spacial score (nSPS) is 15.5. The molecule has 114 valence electrons. The first-order valence-electron chi connectivity index (χ1n) is 7.38. The van der Waals surface area contributed by atoms with Crippen LogP contribution in [0.3, 0.4) is 0 Å². The number of halogens is 1. The minimum Gasteiger partial charge on any atom is -0.496 e. The van der Waals surface area contributed by atoms with E-state index in [9.17, 15) is 0 Å². The van der Waals surface area contributed by atoms with Crippen molar-refractivity contribution in [3.05, 3.63) is 54.1 Å². The third-order valence-electron chi connectivity index (χ3n) is 3.92. The molecule has 2 nitrogen and oxygen atoms in total. The van der Waals surface area contributed by atoms with Crippen molar-refractivity contribution in [1.29, 1.82) is 0 Å². The number of hydrogen-bond donors (Lipinski definition) is 1. The van der Waals surface area contributed by atoms with Crippen molar-refractivity contribution in [1.82, 2.24) is 0 Å². The summed E-state index contributed by atoms with van der Waals surface area (Å²) >= 11 is 3.62. The van der Waals surface area contributed by atoms with Gasteiger partial charge in [0, 0.05) is 22.1 Å². The fraction of sp³-hybridized carbons (Fsp3) is 0.263. The molecule has 0 aromatic heterocycles. The number of anilines is 1. The molecule has 0 fully saturated rings. The average molecular weight is 358 g/mol. The third-order valence-corrected chi connectivity index (χ3v) is 4.52. The van der Waals surface area contributed by atoms with E-state index >= 15 is 0 Å². The summed E-state index contributed by atoms with van der Waals surface area (Å²) in [6, 6.07) is 14.7. The van der Waals surface area contributed by atoms with Gasteiger partial charge in [0.1, 0.15) is 5.75 Å². The van der Waals surface area contributed by atoms with Gasteiger partial charge in [-0.2, -0.15) is 0 Å². The molecule has 0 unspecified atom stereocenters. The molecule has 3 heteroatoms. The number of alkyl halides is 1. The van der Waals surface area contributed by atoms with Crippen LogP contribution in [0.25, 0.3) is 16.7 Å². The van der Waals surface area contributed by atoms with Gasteiger partial charge in [-0.1, -0.05) is 46.3 Å². The van der Waals surface area contributed by atoms with Crippen LogP contribution in [-0.4, -0.2) is 18.0 Å². The van der Waals surface area contributed by atoms with Crippen LogP contribution in [0, 0.1) is 0 Å². The van der Waals surface area contributed by atoms with Crippen LogP contribution in [0.4, 0.5) is 5.69 Å². The Labute approximate surface area is 140 Å². The van der Waals surface area contributed by atoms with E-state index in [1.807, 2.05) is 18.2 Å².